The minimum atomic E-state index is -0.125. The van der Waals surface area contributed by atoms with E-state index in [0.29, 0.717) is 12.5 Å². The normalized spacial score (nSPS) is 13.4. The molecule has 2 atom stereocenters. The standard InChI is InChI=1S/C17H28N2O.ClH/c1-12(2)16-9-7-15(8-10-16)6-5-11-19-17(20)13(3)14(4)18;/h7-10,12-14H,5-6,11,18H2,1-4H3,(H,19,20);1H. The van der Waals surface area contributed by atoms with E-state index in [-0.39, 0.29) is 30.3 Å². The van der Waals surface area contributed by atoms with Crippen LogP contribution in [-0.4, -0.2) is 18.5 Å². The number of benzene rings is 1. The van der Waals surface area contributed by atoms with Crippen molar-refractivity contribution in [2.24, 2.45) is 11.7 Å². The second-order valence-corrected chi connectivity index (χ2v) is 5.94. The number of hydrogen-bond donors (Lipinski definition) is 2. The highest BCUT2D eigenvalue weighted by atomic mass is 35.5. The van der Waals surface area contributed by atoms with Gasteiger partial charge in [-0.1, -0.05) is 45.0 Å². The fourth-order valence-corrected chi connectivity index (χ4v) is 1.97. The molecule has 0 aliphatic heterocycles. The van der Waals surface area contributed by atoms with Gasteiger partial charge in [0.1, 0.15) is 0 Å². The van der Waals surface area contributed by atoms with Crippen molar-refractivity contribution in [2.75, 3.05) is 6.54 Å². The number of carbonyl (C=O) groups excluding carboxylic acids is 1. The summed E-state index contributed by atoms with van der Waals surface area (Å²) in [6.07, 6.45) is 1.95. The van der Waals surface area contributed by atoms with Crippen molar-refractivity contribution in [2.45, 2.75) is 52.5 Å². The van der Waals surface area contributed by atoms with E-state index >= 15 is 0 Å². The zero-order chi connectivity index (χ0) is 15.1. The van der Waals surface area contributed by atoms with Crippen LogP contribution >= 0.6 is 12.4 Å². The first-order chi connectivity index (χ1) is 9.41. The molecule has 3 nitrogen and oxygen atoms in total. The van der Waals surface area contributed by atoms with Crippen LogP contribution in [0.5, 0.6) is 0 Å². The zero-order valence-corrected chi connectivity index (χ0v) is 14.4. The van der Waals surface area contributed by atoms with E-state index in [4.69, 9.17) is 5.73 Å². The van der Waals surface area contributed by atoms with Crippen LogP contribution in [0.25, 0.3) is 0 Å². The molecular formula is C17H29ClN2O. The first-order valence-electron chi connectivity index (χ1n) is 7.54. The lowest BCUT2D eigenvalue weighted by molar-refractivity contribution is -0.124. The summed E-state index contributed by atoms with van der Waals surface area (Å²) < 4.78 is 0. The van der Waals surface area contributed by atoms with Gasteiger partial charge in [-0.2, -0.15) is 0 Å². The van der Waals surface area contributed by atoms with Gasteiger partial charge in [0, 0.05) is 18.5 Å². The Morgan fingerprint density at radius 2 is 1.71 bits per heavy atom. The summed E-state index contributed by atoms with van der Waals surface area (Å²) in [6, 6.07) is 8.65. The molecule has 0 saturated carbocycles. The van der Waals surface area contributed by atoms with Gasteiger partial charge in [0.05, 0.1) is 0 Å². The van der Waals surface area contributed by atoms with E-state index in [1.165, 1.54) is 11.1 Å². The molecule has 0 aliphatic rings. The molecule has 0 aliphatic carbocycles. The molecule has 4 heteroatoms. The van der Waals surface area contributed by atoms with Crippen LogP contribution in [0.2, 0.25) is 0 Å². The van der Waals surface area contributed by atoms with Crippen LogP contribution in [0.1, 0.15) is 51.2 Å². The first-order valence-corrected chi connectivity index (χ1v) is 7.54. The summed E-state index contributed by atoms with van der Waals surface area (Å²) >= 11 is 0. The number of halogens is 1. The number of aryl methyl sites for hydroxylation is 1. The molecule has 21 heavy (non-hydrogen) atoms. The fraction of sp³-hybridized carbons (Fsp3) is 0.588. The van der Waals surface area contributed by atoms with Crippen molar-refractivity contribution in [3.63, 3.8) is 0 Å². The Hall–Kier alpha value is -1.06. The molecular weight excluding hydrogens is 284 g/mol. The molecule has 1 aromatic carbocycles. The molecule has 0 spiro atoms. The van der Waals surface area contributed by atoms with Gasteiger partial charge in [0.25, 0.3) is 0 Å². The SMILES string of the molecule is CC(C)c1ccc(CCCNC(=O)C(C)C(C)N)cc1.Cl. The van der Waals surface area contributed by atoms with Crippen molar-refractivity contribution >= 4 is 18.3 Å². The molecule has 0 fully saturated rings. The van der Waals surface area contributed by atoms with Gasteiger partial charge >= 0.3 is 0 Å². The zero-order valence-electron chi connectivity index (χ0n) is 13.6. The maximum Gasteiger partial charge on any atom is 0.224 e. The minimum Gasteiger partial charge on any atom is -0.356 e. The highest BCUT2D eigenvalue weighted by molar-refractivity contribution is 5.85. The third kappa shape index (κ3) is 6.96. The summed E-state index contributed by atoms with van der Waals surface area (Å²) in [5, 5.41) is 2.94. The van der Waals surface area contributed by atoms with E-state index < -0.39 is 0 Å². The predicted octanol–water partition coefficient (Wildman–Crippen LogP) is 3.26. The van der Waals surface area contributed by atoms with Gasteiger partial charge < -0.3 is 11.1 Å². The molecule has 1 amide bonds. The maximum atomic E-state index is 11.7. The van der Waals surface area contributed by atoms with E-state index in [0.717, 1.165) is 12.8 Å². The van der Waals surface area contributed by atoms with Gasteiger partial charge in [0.15, 0.2) is 0 Å². The second kappa shape index (κ2) is 9.80. The van der Waals surface area contributed by atoms with Crippen molar-refractivity contribution in [3.8, 4) is 0 Å². The molecule has 0 radical (unpaired) electrons. The fourth-order valence-electron chi connectivity index (χ4n) is 1.97. The molecule has 1 aromatic rings. The molecule has 0 saturated heterocycles. The van der Waals surface area contributed by atoms with Crippen molar-refractivity contribution in [3.05, 3.63) is 35.4 Å². The summed E-state index contributed by atoms with van der Waals surface area (Å²) in [6.45, 7) is 8.83. The van der Waals surface area contributed by atoms with Crippen LogP contribution in [0, 0.1) is 5.92 Å². The Balaban J connectivity index is 0.00000400. The molecule has 0 heterocycles. The van der Waals surface area contributed by atoms with Crippen molar-refractivity contribution in [1.82, 2.24) is 5.32 Å². The summed E-state index contributed by atoms with van der Waals surface area (Å²) in [7, 11) is 0. The largest absolute Gasteiger partial charge is 0.356 e. The lowest BCUT2D eigenvalue weighted by atomic mass is 10.0. The third-order valence-corrected chi connectivity index (χ3v) is 3.79. The average Bonchev–Trinajstić information content (AvgIpc) is 2.42. The van der Waals surface area contributed by atoms with E-state index in [1.807, 2.05) is 13.8 Å². The molecule has 1 rings (SSSR count). The van der Waals surface area contributed by atoms with Crippen LogP contribution in [0.4, 0.5) is 0 Å². The molecule has 0 aromatic heterocycles. The smallest absolute Gasteiger partial charge is 0.224 e. The highest BCUT2D eigenvalue weighted by Gasteiger charge is 2.15. The van der Waals surface area contributed by atoms with Gasteiger partial charge in [-0.05, 0) is 36.8 Å². The highest BCUT2D eigenvalue weighted by Crippen LogP contribution is 2.15. The number of amides is 1. The van der Waals surface area contributed by atoms with Gasteiger partial charge in [-0.15, -0.1) is 12.4 Å². The van der Waals surface area contributed by atoms with Gasteiger partial charge in [-0.25, -0.2) is 0 Å². The van der Waals surface area contributed by atoms with Crippen LogP contribution in [0.15, 0.2) is 24.3 Å². The first kappa shape index (κ1) is 19.9. The Morgan fingerprint density at radius 3 is 2.19 bits per heavy atom. The molecule has 3 N–H and O–H groups in total. The monoisotopic (exact) mass is 312 g/mol. The summed E-state index contributed by atoms with van der Waals surface area (Å²) in [5.41, 5.74) is 8.40. The third-order valence-electron chi connectivity index (χ3n) is 3.79. The Morgan fingerprint density at radius 1 is 1.14 bits per heavy atom. The Bertz CT molecular complexity index is 415. The molecule has 0 bridgehead atoms. The second-order valence-electron chi connectivity index (χ2n) is 5.94. The Kier molecular flexibility index (Phi) is 9.31. The van der Waals surface area contributed by atoms with Crippen LogP contribution < -0.4 is 11.1 Å². The van der Waals surface area contributed by atoms with Crippen molar-refractivity contribution in [1.29, 1.82) is 0 Å². The van der Waals surface area contributed by atoms with E-state index in [1.54, 1.807) is 0 Å². The number of nitrogens with two attached hydrogens (primary N) is 1. The van der Waals surface area contributed by atoms with E-state index in [2.05, 4.69) is 43.4 Å². The minimum absolute atomic E-state index is 0. The Labute approximate surface area is 135 Å². The van der Waals surface area contributed by atoms with Gasteiger partial charge in [0.2, 0.25) is 5.91 Å². The maximum absolute atomic E-state index is 11.7. The summed E-state index contributed by atoms with van der Waals surface area (Å²) in [4.78, 5) is 11.7. The van der Waals surface area contributed by atoms with Crippen molar-refractivity contribution < 1.29 is 4.79 Å². The number of rotatable bonds is 7. The lowest BCUT2D eigenvalue weighted by Gasteiger charge is -2.15. The quantitative estimate of drug-likeness (QED) is 0.759. The number of carbonyl (C=O) groups is 1. The topological polar surface area (TPSA) is 55.1 Å². The van der Waals surface area contributed by atoms with E-state index in [9.17, 15) is 4.79 Å². The van der Waals surface area contributed by atoms with Gasteiger partial charge in [-0.3, -0.25) is 4.79 Å². The predicted molar refractivity (Wildman–Crippen MR) is 91.9 cm³/mol. The lowest BCUT2D eigenvalue weighted by Crippen LogP contribution is -2.39. The number of nitrogens with one attached hydrogen (secondary N) is 1. The number of hydrogen-bond acceptors (Lipinski definition) is 2. The van der Waals surface area contributed by atoms with Crippen LogP contribution in [-0.2, 0) is 11.2 Å². The summed E-state index contributed by atoms with van der Waals surface area (Å²) in [5.74, 6) is 0.499. The van der Waals surface area contributed by atoms with Crippen LogP contribution in [0.3, 0.4) is 0 Å². The molecule has 120 valence electrons. The average molecular weight is 313 g/mol. The molecule has 2 unspecified atom stereocenters.